The first-order valence-electron chi connectivity index (χ1n) is 8.75. The van der Waals surface area contributed by atoms with E-state index in [9.17, 15) is 4.79 Å². The van der Waals surface area contributed by atoms with Crippen molar-refractivity contribution in [2.75, 3.05) is 23.3 Å². The van der Waals surface area contributed by atoms with E-state index in [2.05, 4.69) is 40.5 Å². The Labute approximate surface area is 170 Å². The zero-order valence-electron chi connectivity index (χ0n) is 14.5. The van der Waals surface area contributed by atoms with Gasteiger partial charge in [0.25, 0.3) is 0 Å². The molecule has 0 spiro atoms. The van der Waals surface area contributed by atoms with Gasteiger partial charge in [-0.15, -0.1) is 0 Å². The van der Waals surface area contributed by atoms with Gasteiger partial charge in [-0.3, -0.25) is 4.79 Å². The van der Waals surface area contributed by atoms with Gasteiger partial charge >= 0.3 is 0 Å². The van der Waals surface area contributed by atoms with Crippen LogP contribution in [0.1, 0.15) is 12.8 Å². The summed E-state index contributed by atoms with van der Waals surface area (Å²) in [4.78, 5) is 23.6. The van der Waals surface area contributed by atoms with Crippen LogP contribution in [0.2, 0.25) is 0 Å². The topological polar surface area (TPSA) is 71.0 Å². The van der Waals surface area contributed by atoms with Gasteiger partial charge in [-0.1, -0.05) is 30.3 Å². The summed E-state index contributed by atoms with van der Waals surface area (Å²) in [6.07, 6.45) is 3.27. The van der Waals surface area contributed by atoms with Crippen molar-refractivity contribution < 1.29 is 4.79 Å². The van der Waals surface area contributed by atoms with Gasteiger partial charge < -0.3 is 10.2 Å². The van der Waals surface area contributed by atoms with E-state index in [-0.39, 0.29) is 11.8 Å². The second kappa shape index (κ2) is 8.14. The van der Waals surface area contributed by atoms with Crippen LogP contribution in [0.15, 0.2) is 53.1 Å². The Hall–Kier alpha value is -2.32. The van der Waals surface area contributed by atoms with Gasteiger partial charge in [-0.05, 0) is 40.9 Å². The van der Waals surface area contributed by atoms with E-state index in [4.69, 9.17) is 0 Å². The van der Waals surface area contributed by atoms with Crippen LogP contribution in [0.5, 0.6) is 0 Å². The molecule has 0 aliphatic carbocycles. The maximum absolute atomic E-state index is 12.5. The van der Waals surface area contributed by atoms with Crippen molar-refractivity contribution in [2.24, 2.45) is 5.92 Å². The lowest BCUT2D eigenvalue weighted by molar-refractivity contribution is -0.120. The average molecular weight is 444 g/mol. The molecule has 0 saturated carbocycles. The number of hydrogen-bond acceptors (Lipinski definition) is 6. The Morgan fingerprint density at radius 2 is 1.93 bits per heavy atom. The van der Waals surface area contributed by atoms with Crippen LogP contribution >= 0.6 is 27.5 Å². The van der Waals surface area contributed by atoms with Gasteiger partial charge in [0, 0.05) is 46.8 Å². The van der Waals surface area contributed by atoms with Gasteiger partial charge in [0.1, 0.15) is 5.82 Å². The number of nitrogens with one attached hydrogen (secondary N) is 1. The van der Waals surface area contributed by atoms with Crippen molar-refractivity contribution in [2.45, 2.75) is 12.8 Å². The average Bonchev–Trinajstić information content (AvgIpc) is 3.21. The van der Waals surface area contributed by atoms with E-state index in [1.807, 2.05) is 36.4 Å². The Kier molecular flexibility index (Phi) is 5.45. The first kappa shape index (κ1) is 18.1. The molecule has 6 nitrogen and oxygen atoms in total. The lowest BCUT2D eigenvalue weighted by atomic mass is 9.96. The highest BCUT2D eigenvalue weighted by molar-refractivity contribution is 9.10. The molecule has 1 saturated heterocycles. The minimum atomic E-state index is -0.00629. The van der Waals surface area contributed by atoms with Crippen LogP contribution in [-0.4, -0.2) is 33.3 Å². The van der Waals surface area contributed by atoms with Crippen LogP contribution in [0.3, 0.4) is 0 Å². The molecule has 1 aliphatic heterocycles. The summed E-state index contributed by atoms with van der Waals surface area (Å²) in [5, 5.41) is 3.82. The summed E-state index contributed by atoms with van der Waals surface area (Å²) in [7, 11) is 0. The Bertz CT molecular complexity index is 907. The molecule has 1 N–H and O–H groups in total. The molecule has 0 radical (unpaired) electrons. The Morgan fingerprint density at radius 1 is 1.15 bits per heavy atom. The monoisotopic (exact) mass is 443 g/mol. The number of hydrogen-bond donors (Lipinski definition) is 1. The summed E-state index contributed by atoms with van der Waals surface area (Å²) in [6, 6.07) is 13.6. The fourth-order valence-corrected chi connectivity index (χ4v) is 4.03. The lowest BCUT2D eigenvalue weighted by Gasteiger charge is -2.30. The van der Waals surface area contributed by atoms with Crippen LogP contribution in [-0.2, 0) is 4.79 Å². The molecule has 0 bridgehead atoms. The predicted octanol–water partition coefficient (Wildman–Crippen LogP) is 4.22. The number of carbonyl (C=O) groups is 1. The Balaban J connectivity index is 1.34. The van der Waals surface area contributed by atoms with Crippen LogP contribution < -0.4 is 10.2 Å². The molecule has 1 fully saturated rings. The highest BCUT2D eigenvalue weighted by atomic mass is 79.9. The maximum Gasteiger partial charge on any atom is 0.228 e. The smallest absolute Gasteiger partial charge is 0.228 e. The quantitative estimate of drug-likeness (QED) is 0.653. The van der Waals surface area contributed by atoms with E-state index in [1.54, 1.807) is 12.3 Å². The zero-order valence-corrected chi connectivity index (χ0v) is 16.9. The molecule has 3 heterocycles. The van der Waals surface area contributed by atoms with Crippen LogP contribution in [0, 0.1) is 5.92 Å². The number of anilines is 2. The minimum Gasteiger partial charge on any atom is -0.347 e. The molecule has 1 amide bonds. The number of rotatable bonds is 4. The van der Waals surface area contributed by atoms with Gasteiger partial charge in [-0.25, -0.2) is 4.98 Å². The third kappa shape index (κ3) is 4.33. The molecule has 1 aromatic carbocycles. The number of benzene rings is 1. The van der Waals surface area contributed by atoms with E-state index in [0.717, 1.165) is 46.9 Å². The standard InChI is InChI=1S/C19H18BrN5OS/c20-15-6-7-16(21-12-15)22-18(26)14-8-10-25(11-9-14)19-23-17(24-27-19)13-4-2-1-3-5-13/h1-7,12,14H,8-11H2,(H,21,22,26). The largest absolute Gasteiger partial charge is 0.347 e. The molecule has 0 atom stereocenters. The van der Waals surface area contributed by atoms with Crippen molar-refractivity contribution in [3.8, 4) is 11.4 Å². The molecule has 3 aromatic rings. The van der Waals surface area contributed by atoms with Gasteiger partial charge in [0.2, 0.25) is 11.0 Å². The van der Waals surface area contributed by atoms with E-state index in [1.165, 1.54) is 11.5 Å². The molecule has 138 valence electrons. The normalized spacial score (nSPS) is 14.9. The SMILES string of the molecule is O=C(Nc1ccc(Br)cn1)C1CCN(c2nc(-c3ccccc3)ns2)CC1. The third-order valence-electron chi connectivity index (χ3n) is 4.56. The highest BCUT2D eigenvalue weighted by Gasteiger charge is 2.27. The number of aromatic nitrogens is 3. The second-order valence-electron chi connectivity index (χ2n) is 6.38. The highest BCUT2D eigenvalue weighted by Crippen LogP contribution is 2.28. The molecular formula is C19H18BrN5OS. The van der Waals surface area contributed by atoms with Crippen LogP contribution in [0.4, 0.5) is 10.9 Å². The van der Waals surface area contributed by atoms with Crippen molar-refractivity contribution in [1.82, 2.24) is 14.3 Å². The summed E-state index contributed by atoms with van der Waals surface area (Å²) in [6.45, 7) is 1.60. The summed E-state index contributed by atoms with van der Waals surface area (Å²) >= 11 is 4.76. The second-order valence-corrected chi connectivity index (χ2v) is 8.02. The maximum atomic E-state index is 12.5. The van der Waals surface area contributed by atoms with Crippen molar-refractivity contribution >= 4 is 44.3 Å². The molecule has 27 heavy (non-hydrogen) atoms. The molecular weight excluding hydrogens is 426 g/mol. The van der Waals surface area contributed by atoms with E-state index in [0.29, 0.717) is 5.82 Å². The number of nitrogens with zero attached hydrogens (tertiary/aromatic N) is 4. The minimum absolute atomic E-state index is 0.00629. The Morgan fingerprint density at radius 3 is 2.63 bits per heavy atom. The van der Waals surface area contributed by atoms with Crippen LogP contribution in [0.25, 0.3) is 11.4 Å². The van der Waals surface area contributed by atoms with Crippen molar-refractivity contribution in [1.29, 1.82) is 0 Å². The fraction of sp³-hybridized carbons (Fsp3) is 0.263. The first-order valence-corrected chi connectivity index (χ1v) is 10.3. The number of halogens is 1. The lowest BCUT2D eigenvalue weighted by Crippen LogP contribution is -2.38. The van der Waals surface area contributed by atoms with Gasteiger partial charge in [0.15, 0.2) is 5.82 Å². The van der Waals surface area contributed by atoms with Crippen molar-refractivity contribution in [3.05, 3.63) is 53.1 Å². The van der Waals surface area contributed by atoms with E-state index < -0.39 is 0 Å². The number of pyridine rings is 1. The summed E-state index contributed by atoms with van der Waals surface area (Å²) < 4.78 is 5.37. The molecule has 2 aromatic heterocycles. The number of piperidine rings is 1. The summed E-state index contributed by atoms with van der Waals surface area (Å²) in [5.41, 5.74) is 1.02. The fourth-order valence-electron chi connectivity index (χ4n) is 3.06. The number of amides is 1. The molecule has 8 heteroatoms. The summed E-state index contributed by atoms with van der Waals surface area (Å²) in [5.74, 6) is 1.37. The molecule has 1 aliphatic rings. The van der Waals surface area contributed by atoms with Gasteiger partial charge in [0.05, 0.1) is 0 Å². The van der Waals surface area contributed by atoms with Crippen molar-refractivity contribution in [3.63, 3.8) is 0 Å². The molecule has 4 rings (SSSR count). The predicted molar refractivity (Wildman–Crippen MR) is 111 cm³/mol. The van der Waals surface area contributed by atoms with Gasteiger partial charge in [-0.2, -0.15) is 9.36 Å². The third-order valence-corrected chi connectivity index (χ3v) is 5.81. The number of carbonyl (C=O) groups excluding carboxylic acids is 1. The van der Waals surface area contributed by atoms with E-state index >= 15 is 0 Å². The molecule has 0 unspecified atom stereocenters. The zero-order chi connectivity index (χ0) is 18.6. The first-order chi connectivity index (χ1) is 13.2.